The minimum absolute atomic E-state index is 0.0255. The molecule has 34 heteroatoms. The van der Waals surface area contributed by atoms with Crippen LogP contribution < -0.4 is 26.8 Å². The summed E-state index contributed by atoms with van der Waals surface area (Å²) in [5, 5.41) is 40.7. The number of nitrogen functional groups attached to an aromatic ring is 1. The summed E-state index contributed by atoms with van der Waals surface area (Å²) < 4.78 is 101. The van der Waals surface area contributed by atoms with Crippen LogP contribution in [0.2, 0.25) is 0 Å². The number of aryl methyl sites for hydroxylation is 1. The number of Topliss-reactive ketones (excluding diaryl/α,β-unsaturated/α-hetero) is 2. The van der Waals surface area contributed by atoms with Crippen molar-refractivity contribution in [2.75, 3.05) is 171 Å². The standard InChI is InChI=1S/C93H139N7O25S2/c1-62-16-11-10-12-17-63(2)79(111-7)58-72-18-15-29-93(109,125-72)88(105)90(107)100-32-14-13-19-76(100)91(108)123-81(59-80(112-8)65(4)53-67(6)86(103)87(104)85(102)66(5)52-62)75(94)55-68-20-25-78(82(56-68)113-9)124-92(126)97-30-35-115-38-40-117-42-44-119-46-48-121-50-49-120-47-45-118-43-41-116-39-37-114-34-28-84(101)96-31-51-127(110)73-23-24-74(64(3)54-73)89(106)99-33-36-122-77-26-21-69(57-71(77)61-99)70-22-27-83(95)98-60-70/h10-12,16-17,21-24,26-27,53-54,57,60,62,65-66,68,72,75-76,78-82,86-87,103-104,109H,13-15,18-20,25,28-52,55-56,58-59,61,94H2,1-9H3,(H2,95,98)(H,96,101)(H,97,126)/b12-10?,16-11+,63-17?,67-53+/t62-,65-,66-,68+,72+,75-,76+,78-,79+,80-,81+,82-,86-,87+,93-,127?/m1/s1. The number of benzene rings is 2. The number of piperidine rings is 1. The van der Waals surface area contributed by atoms with Gasteiger partial charge in [0.05, 0.1) is 147 Å². The highest BCUT2D eigenvalue weighted by atomic mass is 32.2. The minimum Gasteiger partial charge on any atom is -0.491 e. The summed E-state index contributed by atoms with van der Waals surface area (Å²) in [6.07, 6.45) is 11.2. The molecule has 5 heterocycles. The Morgan fingerprint density at radius 1 is 0.685 bits per heavy atom. The van der Waals surface area contributed by atoms with E-state index in [4.69, 9.17) is 94.7 Å². The first-order valence-corrected chi connectivity index (χ1v) is 46.4. The van der Waals surface area contributed by atoms with Crippen molar-refractivity contribution in [1.29, 1.82) is 0 Å². The van der Waals surface area contributed by atoms with Crippen LogP contribution in [0, 0.1) is 30.6 Å². The number of nitrogens with two attached hydrogens (primary N) is 2. The van der Waals surface area contributed by atoms with Crippen LogP contribution in [0.15, 0.2) is 107 Å². The Kier molecular flexibility index (Phi) is 46.5. The molecule has 0 radical (unpaired) electrons. The molecule has 1 saturated carbocycles. The van der Waals surface area contributed by atoms with E-state index in [1.54, 1.807) is 69.5 Å². The number of allylic oxidation sites excluding steroid dienone is 5. The zero-order valence-corrected chi connectivity index (χ0v) is 77.2. The summed E-state index contributed by atoms with van der Waals surface area (Å²) in [6.45, 7) is 18.5. The van der Waals surface area contributed by atoms with Gasteiger partial charge in [-0.3, -0.25) is 28.2 Å². The maximum Gasteiger partial charge on any atom is 0.329 e. The molecule has 2 bridgehead atoms. The third-order valence-electron chi connectivity index (χ3n) is 23.5. The van der Waals surface area contributed by atoms with Crippen molar-refractivity contribution in [3.05, 3.63) is 119 Å². The van der Waals surface area contributed by atoms with Gasteiger partial charge >= 0.3 is 5.97 Å². The highest BCUT2D eigenvalue weighted by Crippen LogP contribution is 2.37. The fourth-order valence-corrected chi connectivity index (χ4v) is 17.5. The average Bonchev–Trinajstić information content (AvgIpc) is 1.11. The number of aliphatic hydroxyl groups is 3. The second-order valence-corrected chi connectivity index (χ2v) is 35.1. The number of thiocarbonyl (C=S) groups is 1. The number of pyridine rings is 1. The third-order valence-corrected chi connectivity index (χ3v) is 25.1. The molecule has 1 aliphatic carbocycles. The van der Waals surface area contributed by atoms with E-state index >= 15 is 0 Å². The predicted molar refractivity (Wildman–Crippen MR) is 481 cm³/mol. The number of hydrogen-bond donors (Lipinski definition) is 7. The van der Waals surface area contributed by atoms with Crippen LogP contribution in [-0.4, -0.2) is 307 Å². The van der Waals surface area contributed by atoms with Crippen molar-refractivity contribution in [1.82, 2.24) is 25.4 Å². The number of carbonyl (C=O) groups is 6. The van der Waals surface area contributed by atoms with Crippen LogP contribution in [0.25, 0.3) is 11.1 Å². The fourth-order valence-electron chi connectivity index (χ4n) is 16.2. The van der Waals surface area contributed by atoms with Gasteiger partial charge in [-0.05, 0) is 174 Å². The molecule has 4 aliphatic heterocycles. The Balaban J connectivity index is 0.637. The predicted octanol–water partition coefficient (Wildman–Crippen LogP) is 7.75. The zero-order chi connectivity index (χ0) is 91.6. The first-order valence-electron chi connectivity index (χ1n) is 44.7. The molecule has 3 amide bonds. The number of anilines is 1. The second kappa shape index (κ2) is 56.3. The molecule has 3 fully saturated rings. The Hall–Kier alpha value is -7.43. The number of nitrogens with zero attached hydrogens (tertiary/aromatic N) is 3. The fraction of sp³-hybridized carbons (Fsp3) is 0.656. The van der Waals surface area contributed by atoms with Gasteiger partial charge < -0.3 is 118 Å². The van der Waals surface area contributed by atoms with Gasteiger partial charge in [-0.1, -0.05) is 63.3 Å². The molecule has 8 rings (SSSR count). The number of aromatic nitrogens is 1. The first-order chi connectivity index (χ1) is 61.2. The van der Waals surface area contributed by atoms with Crippen molar-refractivity contribution in [2.45, 2.75) is 210 Å². The molecule has 16 atom stereocenters. The Labute approximate surface area is 756 Å². The van der Waals surface area contributed by atoms with E-state index in [2.05, 4.69) is 15.6 Å². The van der Waals surface area contributed by atoms with Gasteiger partial charge in [0, 0.05) is 125 Å². The van der Waals surface area contributed by atoms with Gasteiger partial charge in [-0.15, -0.1) is 0 Å². The number of methoxy groups -OCH3 is 3. The average molecular weight is 1820 g/mol. The number of fused-ring (bicyclic) bond motifs is 4. The number of aliphatic hydroxyl groups excluding tert-OH is 2. The molecule has 32 nitrogen and oxygen atoms in total. The lowest BCUT2D eigenvalue weighted by atomic mass is 9.80. The summed E-state index contributed by atoms with van der Waals surface area (Å²) in [7, 11) is 3.28. The molecule has 1 aromatic heterocycles. The van der Waals surface area contributed by atoms with Gasteiger partial charge in [0.2, 0.25) is 11.7 Å². The van der Waals surface area contributed by atoms with Crippen LogP contribution in [0.1, 0.15) is 146 Å². The van der Waals surface area contributed by atoms with Crippen LogP contribution in [0.5, 0.6) is 5.75 Å². The maximum absolute atomic E-state index is 14.8. The van der Waals surface area contributed by atoms with Crippen molar-refractivity contribution in [3.63, 3.8) is 0 Å². The highest BCUT2D eigenvalue weighted by Gasteiger charge is 2.50. The van der Waals surface area contributed by atoms with Gasteiger partial charge in [0.1, 0.15) is 48.6 Å². The van der Waals surface area contributed by atoms with E-state index in [-0.39, 0.29) is 92.2 Å². The summed E-state index contributed by atoms with van der Waals surface area (Å²) in [4.78, 5) is 91.1. The number of ether oxygens (including phenoxy) is 15. The quantitative estimate of drug-likeness (QED) is 0.00940. The van der Waals surface area contributed by atoms with Crippen molar-refractivity contribution in [3.8, 4) is 16.9 Å². The molecule has 2 aromatic carbocycles. The normalized spacial score (nSPS) is 26.4. The summed E-state index contributed by atoms with van der Waals surface area (Å²) >= 11 is 5.60. The molecule has 3 aromatic rings. The number of rotatable bonds is 40. The van der Waals surface area contributed by atoms with E-state index in [9.17, 15) is 48.3 Å². The highest BCUT2D eigenvalue weighted by molar-refractivity contribution is 7.85. The van der Waals surface area contributed by atoms with Gasteiger partial charge in [-0.25, -0.2) is 9.78 Å². The molecule has 1 unspecified atom stereocenters. The number of hydrogen-bond acceptors (Lipinski definition) is 29. The Morgan fingerprint density at radius 3 is 1.98 bits per heavy atom. The topological polar surface area (TPSA) is 414 Å². The first kappa shape index (κ1) is 105. The molecular formula is C93H139N7O25S2. The summed E-state index contributed by atoms with van der Waals surface area (Å²) in [5.41, 5.74) is 18.1. The van der Waals surface area contributed by atoms with Gasteiger partial charge in [-0.2, -0.15) is 0 Å². The SMILES string of the molecule is CO[C@H]1C[C@@H]2CCC[C@@](O)(O2)C(=O)C(=O)N2CCCC[C@H]2C(=O)O[C@H]([C@H](N)C[C@@H]2CC[C@@H](OC(=S)NCCOCCOCCOCCOCCOCCOCCOCCOCCC(=O)NCCS(=O)c3ccc(C(=O)N4CCOc5ccc(-c6ccc(N)nc6)cc5C4)c(C)c3)[C@H](OC)C2)C[C@@H](OC)[C@H](C)/C=C(\C)[C@@H](O)[C@@H](O)C(=O)[C@H](C)C[C@H](C)/C=C/C=CC=C1C. The number of ketones is 2. The number of cyclic esters (lactones) is 1. The number of carbonyl (C=O) groups excluding carboxylic acids is 6. The second-order valence-electron chi connectivity index (χ2n) is 33.2. The van der Waals surface area contributed by atoms with E-state index < -0.39 is 101 Å². The molecular weight excluding hydrogens is 1680 g/mol. The van der Waals surface area contributed by atoms with E-state index in [1.165, 1.54) is 12.0 Å². The van der Waals surface area contributed by atoms with E-state index in [0.717, 1.165) is 28.0 Å². The number of esters is 1. The van der Waals surface area contributed by atoms with E-state index in [1.807, 2.05) is 82.3 Å². The van der Waals surface area contributed by atoms with Gasteiger partial charge in [0.15, 0.2) is 5.78 Å². The van der Waals surface area contributed by atoms with Crippen molar-refractivity contribution in [2.24, 2.45) is 29.4 Å². The van der Waals surface area contributed by atoms with Crippen LogP contribution in [0.4, 0.5) is 5.82 Å². The third kappa shape index (κ3) is 35.0. The molecule has 9 N–H and O–H groups in total. The molecule has 0 spiro atoms. The van der Waals surface area contributed by atoms with Crippen molar-refractivity contribution >= 4 is 69.3 Å². The lowest BCUT2D eigenvalue weighted by Crippen LogP contribution is -2.58. The van der Waals surface area contributed by atoms with E-state index in [0.29, 0.717) is 217 Å². The van der Waals surface area contributed by atoms with Crippen LogP contribution in [0.3, 0.4) is 0 Å². The van der Waals surface area contributed by atoms with Crippen LogP contribution >= 0.6 is 12.2 Å². The van der Waals surface area contributed by atoms with Crippen molar-refractivity contribution < 1.29 is 119 Å². The van der Waals surface area contributed by atoms with Crippen LogP contribution in [-0.2, 0) is 108 Å². The Morgan fingerprint density at radius 2 is 1.34 bits per heavy atom. The Bertz CT molecular complexity index is 4060. The lowest BCUT2D eigenvalue weighted by molar-refractivity contribution is -0.245. The molecule has 5 aliphatic rings. The molecule has 127 heavy (non-hydrogen) atoms. The number of amides is 3. The number of nitrogens with one attached hydrogen (secondary N) is 2. The minimum atomic E-state index is -2.43. The molecule has 708 valence electrons. The smallest absolute Gasteiger partial charge is 0.329 e. The molecule has 2 saturated heterocycles. The summed E-state index contributed by atoms with van der Waals surface area (Å²) in [6, 6.07) is 12.7. The maximum atomic E-state index is 14.8. The van der Waals surface area contributed by atoms with Gasteiger partial charge in [0.25, 0.3) is 22.8 Å². The lowest BCUT2D eigenvalue weighted by Gasteiger charge is -2.40. The monoisotopic (exact) mass is 1820 g/mol. The summed E-state index contributed by atoms with van der Waals surface area (Å²) in [5.74, 6) is -6.02. The largest absolute Gasteiger partial charge is 0.491 e. The zero-order valence-electron chi connectivity index (χ0n) is 75.5.